The van der Waals surface area contributed by atoms with Gasteiger partial charge in [-0.2, -0.15) is 0 Å². The summed E-state index contributed by atoms with van der Waals surface area (Å²) in [5.74, 6) is -0.0137. The van der Waals surface area contributed by atoms with Crippen molar-refractivity contribution in [3.63, 3.8) is 0 Å². The van der Waals surface area contributed by atoms with Crippen molar-refractivity contribution < 1.29 is 4.79 Å². The molecule has 96 valence electrons. The third kappa shape index (κ3) is 2.12. The molecule has 1 aromatic carbocycles. The SMILES string of the molecule is C[C@@H]1CCc2ccccc2N1C(=O)c1ccccn1. The number of benzene rings is 1. The fourth-order valence-corrected chi connectivity index (χ4v) is 2.61. The number of para-hydroxylation sites is 1. The van der Waals surface area contributed by atoms with E-state index in [0.29, 0.717) is 5.69 Å². The molecular weight excluding hydrogens is 236 g/mol. The zero-order chi connectivity index (χ0) is 13.2. The Bertz CT molecular complexity index is 595. The topological polar surface area (TPSA) is 33.2 Å². The van der Waals surface area contributed by atoms with E-state index in [1.165, 1.54) is 5.56 Å². The molecule has 1 aliphatic heterocycles. The number of amides is 1. The summed E-state index contributed by atoms with van der Waals surface area (Å²) in [6.45, 7) is 2.09. The molecule has 1 aliphatic rings. The van der Waals surface area contributed by atoms with Crippen LogP contribution in [0.25, 0.3) is 0 Å². The van der Waals surface area contributed by atoms with Crippen molar-refractivity contribution in [1.29, 1.82) is 0 Å². The zero-order valence-corrected chi connectivity index (χ0v) is 10.9. The lowest BCUT2D eigenvalue weighted by Gasteiger charge is -2.35. The number of aromatic nitrogens is 1. The number of anilines is 1. The molecular formula is C16H16N2O. The summed E-state index contributed by atoms with van der Waals surface area (Å²) in [5, 5.41) is 0. The summed E-state index contributed by atoms with van der Waals surface area (Å²) in [6.07, 6.45) is 3.69. The number of carbonyl (C=O) groups excluding carboxylic acids is 1. The highest BCUT2D eigenvalue weighted by molar-refractivity contribution is 6.05. The second-order valence-corrected chi connectivity index (χ2v) is 4.91. The molecule has 0 radical (unpaired) electrons. The number of fused-ring (bicyclic) bond motifs is 1. The Hall–Kier alpha value is -2.16. The summed E-state index contributed by atoms with van der Waals surface area (Å²) in [5.41, 5.74) is 2.77. The third-order valence-electron chi connectivity index (χ3n) is 3.63. The second-order valence-electron chi connectivity index (χ2n) is 4.91. The normalized spacial score (nSPS) is 17.9. The Morgan fingerprint density at radius 1 is 1.21 bits per heavy atom. The van der Waals surface area contributed by atoms with E-state index in [1.54, 1.807) is 12.3 Å². The summed E-state index contributed by atoms with van der Waals surface area (Å²) >= 11 is 0. The molecule has 3 nitrogen and oxygen atoms in total. The lowest BCUT2D eigenvalue weighted by atomic mass is 9.96. The first-order valence-electron chi connectivity index (χ1n) is 6.60. The van der Waals surface area contributed by atoms with Crippen LogP contribution < -0.4 is 4.90 Å². The van der Waals surface area contributed by atoms with E-state index in [4.69, 9.17) is 0 Å². The highest BCUT2D eigenvalue weighted by Crippen LogP contribution is 2.31. The van der Waals surface area contributed by atoms with Crippen molar-refractivity contribution in [3.05, 3.63) is 59.9 Å². The molecule has 3 heteroatoms. The second kappa shape index (κ2) is 4.84. The van der Waals surface area contributed by atoms with Gasteiger partial charge < -0.3 is 4.90 Å². The fourth-order valence-electron chi connectivity index (χ4n) is 2.61. The highest BCUT2D eigenvalue weighted by atomic mass is 16.2. The number of pyridine rings is 1. The van der Waals surface area contributed by atoms with E-state index in [9.17, 15) is 4.79 Å². The van der Waals surface area contributed by atoms with Gasteiger partial charge in [0.2, 0.25) is 0 Å². The molecule has 0 bridgehead atoms. The molecule has 2 aromatic rings. The lowest BCUT2D eigenvalue weighted by molar-refractivity contribution is 0.0970. The fraction of sp³-hybridized carbons (Fsp3) is 0.250. The molecule has 2 heterocycles. The Morgan fingerprint density at radius 3 is 2.79 bits per heavy atom. The summed E-state index contributed by atoms with van der Waals surface area (Å²) in [7, 11) is 0. The number of hydrogen-bond donors (Lipinski definition) is 0. The van der Waals surface area contributed by atoms with Crippen LogP contribution in [0.4, 0.5) is 5.69 Å². The van der Waals surface area contributed by atoms with Gasteiger partial charge in [0, 0.05) is 17.9 Å². The van der Waals surface area contributed by atoms with Gasteiger partial charge in [0.25, 0.3) is 5.91 Å². The van der Waals surface area contributed by atoms with E-state index in [0.717, 1.165) is 18.5 Å². The average molecular weight is 252 g/mol. The number of nitrogens with zero attached hydrogens (tertiary/aromatic N) is 2. The molecule has 1 aromatic heterocycles. The maximum atomic E-state index is 12.6. The Morgan fingerprint density at radius 2 is 2.00 bits per heavy atom. The van der Waals surface area contributed by atoms with Gasteiger partial charge in [0.1, 0.15) is 5.69 Å². The van der Waals surface area contributed by atoms with Crippen LogP contribution in [0.15, 0.2) is 48.7 Å². The van der Waals surface area contributed by atoms with Gasteiger partial charge >= 0.3 is 0 Å². The molecule has 0 N–H and O–H groups in total. The maximum Gasteiger partial charge on any atom is 0.277 e. The summed E-state index contributed by atoms with van der Waals surface area (Å²) in [4.78, 5) is 18.7. The molecule has 1 amide bonds. The molecule has 3 rings (SSSR count). The minimum Gasteiger partial charge on any atom is -0.304 e. The van der Waals surface area contributed by atoms with Crippen LogP contribution in [0.1, 0.15) is 29.4 Å². The first-order valence-corrected chi connectivity index (χ1v) is 6.60. The van der Waals surface area contributed by atoms with Crippen LogP contribution in [0, 0.1) is 0 Å². The van der Waals surface area contributed by atoms with Crippen LogP contribution >= 0.6 is 0 Å². The Kier molecular flexibility index (Phi) is 3.03. The lowest BCUT2D eigenvalue weighted by Crippen LogP contribution is -2.42. The van der Waals surface area contributed by atoms with Crippen LogP contribution in [-0.2, 0) is 6.42 Å². The van der Waals surface area contributed by atoms with Gasteiger partial charge in [-0.25, -0.2) is 0 Å². The van der Waals surface area contributed by atoms with E-state index in [1.807, 2.05) is 35.2 Å². The van der Waals surface area contributed by atoms with Gasteiger partial charge in [0.15, 0.2) is 0 Å². The molecule has 0 fully saturated rings. The van der Waals surface area contributed by atoms with E-state index < -0.39 is 0 Å². The summed E-state index contributed by atoms with van der Waals surface area (Å²) in [6, 6.07) is 13.8. The number of carbonyl (C=O) groups is 1. The first-order chi connectivity index (χ1) is 9.27. The largest absolute Gasteiger partial charge is 0.304 e. The van der Waals surface area contributed by atoms with E-state index >= 15 is 0 Å². The van der Waals surface area contributed by atoms with Crippen LogP contribution in [0.5, 0.6) is 0 Å². The third-order valence-corrected chi connectivity index (χ3v) is 3.63. The van der Waals surface area contributed by atoms with Crippen molar-refractivity contribution in [1.82, 2.24) is 4.98 Å². The standard InChI is InChI=1S/C16H16N2O/c1-12-9-10-13-6-2-3-8-15(13)18(12)16(19)14-7-4-5-11-17-14/h2-8,11-12H,9-10H2,1H3/t12-/m1/s1. The number of aryl methyl sites for hydroxylation is 1. The smallest absolute Gasteiger partial charge is 0.277 e. The molecule has 0 unspecified atom stereocenters. The van der Waals surface area contributed by atoms with Crippen molar-refractivity contribution in [2.45, 2.75) is 25.8 Å². The molecule has 19 heavy (non-hydrogen) atoms. The molecule has 0 aliphatic carbocycles. The van der Waals surface area contributed by atoms with Gasteiger partial charge in [-0.05, 0) is 43.5 Å². The van der Waals surface area contributed by atoms with Crippen LogP contribution in [0.2, 0.25) is 0 Å². The molecule has 0 spiro atoms. The number of rotatable bonds is 1. The highest BCUT2D eigenvalue weighted by Gasteiger charge is 2.29. The van der Waals surface area contributed by atoms with Gasteiger partial charge in [-0.1, -0.05) is 24.3 Å². The number of hydrogen-bond acceptors (Lipinski definition) is 2. The van der Waals surface area contributed by atoms with E-state index in [2.05, 4.69) is 18.0 Å². The zero-order valence-electron chi connectivity index (χ0n) is 10.9. The summed E-state index contributed by atoms with van der Waals surface area (Å²) < 4.78 is 0. The average Bonchev–Trinajstić information content (AvgIpc) is 2.47. The molecule has 1 atom stereocenters. The Balaban J connectivity index is 2.02. The molecule has 0 saturated heterocycles. The van der Waals surface area contributed by atoms with Gasteiger partial charge in [-0.15, -0.1) is 0 Å². The van der Waals surface area contributed by atoms with Crippen molar-refractivity contribution in [2.75, 3.05) is 4.90 Å². The quantitative estimate of drug-likeness (QED) is 0.781. The van der Waals surface area contributed by atoms with E-state index in [-0.39, 0.29) is 11.9 Å². The van der Waals surface area contributed by atoms with Crippen LogP contribution in [0.3, 0.4) is 0 Å². The predicted molar refractivity (Wildman–Crippen MR) is 75.3 cm³/mol. The Labute approximate surface area is 112 Å². The minimum absolute atomic E-state index is 0.0137. The predicted octanol–water partition coefficient (Wildman–Crippen LogP) is 3.06. The van der Waals surface area contributed by atoms with Gasteiger partial charge in [0.05, 0.1) is 0 Å². The van der Waals surface area contributed by atoms with Crippen molar-refractivity contribution in [2.24, 2.45) is 0 Å². The van der Waals surface area contributed by atoms with Crippen LogP contribution in [-0.4, -0.2) is 16.9 Å². The molecule has 0 saturated carbocycles. The van der Waals surface area contributed by atoms with Crippen molar-refractivity contribution in [3.8, 4) is 0 Å². The first kappa shape index (κ1) is 11.9. The van der Waals surface area contributed by atoms with Gasteiger partial charge in [-0.3, -0.25) is 9.78 Å². The monoisotopic (exact) mass is 252 g/mol. The maximum absolute atomic E-state index is 12.6. The minimum atomic E-state index is -0.0137. The van der Waals surface area contributed by atoms with Crippen molar-refractivity contribution >= 4 is 11.6 Å².